The summed E-state index contributed by atoms with van der Waals surface area (Å²) < 4.78 is 0. The molecule has 0 bridgehead atoms. The third-order valence-electron chi connectivity index (χ3n) is 4.10. The molecule has 0 saturated heterocycles. The maximum absolute atomic E-state index is 4.82. The molecule has 2 unspecified atom stereocenters. The van der Waals surface area contributed by atoms with Gasteiger partial charge >= 0.3 is 0 Å². The molecule has 1 aliphatic rings. The Hall–Kier alpha value is -1.37. The Morgan fingerprint density at radius 3 is 2.89 bits per heavy atom. The van der Waals surface area contributed by atoms with Gasteiger partial charge in [-0.3, -0.25) is 4.98 Å². The van der Waals surface area contributed by atoms with Crippen LogP contribution < -0.4 is 0 Å². The molecule has 0 N–H and O–H groups in total. The number of unbranched alkanes of at least 4 members (excludes halogenated alkanes) is 2. The van der Waals surface area contributed by atoms with E-state index in [1.165, 1.54) is 43.2 Å². The molecular formula is C17H21N. The lowest BCUT2D eigenvalue weighted by atomic mass is 10.1. The van der Waals surface area contributed by atoms with Crippen molar-refractivity contribution in [1.82, 2.24) is 4.98 Å². The lowest BCUT2D eigenvalue weighted by Gasteiger charge is -2.02. The van der Waals surface area contributed by atoms with Crippen molar-refractivity contribution in [3.05, 3.63) is 42.1 Å². The Morgan fingerprint density at radius 1 is 1.11 bits per heavy atom. The fourth-order valence-corrected chi connectivity index (χ4v) is 2.87. The maximum Gasteiger partial charge on any atom is 0.0705 e. The number of nitrogens with zero attached hydrogens (tertiary/aromatic N) is 1. The first-order chi connectivity index (χ1) is 8.88. The van der Waals surface area contributed by atoms with E-state index in [0.29, 0.717) is 0 Å². The van der Waals surface area contributed by atoms with E-state index >= 15 is 0 Å². The van der Waals surface area contributed by atoms with Crippen LogP contribution in [-0.4, -0.2) is 4.98 Å². The van der Waals surface area contributed by atoms with E-state index in [-0.39, 0.29) is 0 Å². The first kappa shape index (κ1) is 11.7. The zero-order chi connectivity index (χ0) is 12.4. The lowest BCUT2D eigenvalue weighted by Crippen LogP contribution is -1.90. The third-order valence-corrected chi connectivity index (χ3v) is 4.10. The number of rotatable bonds is 5. The second kappa shape index (κ2) is 5.09. The van der Waals surface area contributed by atoms with E-state index in [9.17, 15) is 0 Å². The highest BCUT2D eigenvalue weighted by Gasteiger charge is 2.38. The van der Waals surface area contributed by atoms with E-state index in [2.05, 4.69) is 43.3 Å². The second-order valence-corrected chi connectivity index (χ2v) is 5.53. The van der Waals surface area contributed by atoms with Gasteiger partial charge < -0.3 is 0 Å². The van der Waals surface area contributed by atoms with Crippen LogP contribution in [0.5, 0.6) is 0 Å². The van der Waals surface area contributed by atoms with Crippen molar-refractivity contribution < 1.29 is 0 Å². The standard InChI is InChI=1S/C17H21N/c1-2-3-4-8-14-12-15(14)17-11-10-13-7-5-6-9-16(13)18-17/h5-7,9-11,14-15H,2-4,8,12H2,1H3. The van der Waals surface area contributed by atoms with E-state index < -0.39 is 0 Å². The normalized spacial score (nSPS) is 22.3. The molecule has 0 radical (unpaired) electrons. The minimum atomic E-state index is 0.742. The number of pyridine rings is 1. The van der Waals surface area contributed by atoms with Crippen LogP contribution in [0.2, 0.25) is 0 Å². The Bertz CT molecular complexity index is 532. The summed E-state index contributed by atoms with van der Waals surface area (Å²) in [6, 6.07) is 12.9. The monoisotopic (exact) mass is 239 g/mol. The average molecular weight is 239 g/mol. The Kier molecular flexibility index (Phi) is 3.31. The van der Waals surface area contributed by atoms with Gasteiger partial charge in [0.25, 0.3) is 0 Å². The zero-order valence-corrected chi connectivity index (χ0v) is 11.1. The van der Waals surface area contributed by atoms with Gasteiger partial charge in [0.05, 0.1) is 5.52 Å². The highest BCUT2D eigenvalue weighted by Crippen LogP contribution is 2.49. The highest BCUT2D eigenvalue weighted by atomic mass is 14.7. The van der Waals surface area contributed by atoms with Crippen LogP contribution in [0.15, 0.2) is 36.4 Å². The molecule has 1 saturated carbocycles. The fourth-order valence-electron chi connectivity index (χ4n) is 2.87. The molecular weight excluding hydrogens is 218 g/mol. The van der Waals surface area contributed by atoms with Gasteiger partial charge in [0.1, 0.15) is 0 Å². The van der Waals surface area contributed by atoms with Crippen molar-refractivity contribution in [2.24, 2.45) is 5.92 Å². The van der Waals surface area contributed by atoms with E-state index in [1.54, 1.807) is 0 Å². The van der Waals surface area contributed by atoms with Crippen LogP contribution in [0, 0.1) is 5.92 Å². The summed E-state index contributed by atoms with van der Waals surface area (Å²) in [4.78, 5) is 4.82. The number of aromatic nitrogens is 1. The molecule has 18 heavy (non-hydrogen) atoms. The first-order valence-electron chi connectivity index (χ1n) is 7.24. The van der Waals surface area contributed by atoms with Crippen LogP contribution in [0.1, 0.15) is 50.6 Å². The molecule has 1 aromatic heterocycles. The molecule has 1 heterocycles. The van der Waals surface area contributed by atoms with Crippen molar-refractivity contribution in [1.29, 1.82) is 0 Å². The van der Waals surface area contributed by atoms with Crippen LogP contribution in [-0.2, 0) is 0 Å². The van der Waals surface area contributed by atoms with Gasteiger partial charge in [0.15, 0.2) is 0 Å². The Labute approximate surface area is 109 Å². The van der Waals surface area contributed by atoms with Crippen molar-refractivity contribution in [3.63, 3.8) is 0 Å². The Balaban J connectivity index is 1.69. The summed E-state index contributed by atoms with van der Waals surface area (Å²) >= 11 is 0. The Morgan fingerprint density at radius 2 is 2.00 bits per heavy atom. The van der Waals surface area contributed by atoms with Gasteiger partial charge in [-0.1, -0.05) is 50.5 Å². The SMILES string of the molecule is CCCCCC1CC1c1ccc2ccccc2n1. The molecule has 0 spiro atoms. The number of benzene rings is 1. The molecule has 1 heteroatoms. The summed E-state index contributed by atoms with van der Waals surface area (Å²) in [5.41, 5.74) is 2.46. The molecule has 2 atom stereocenters. The molecule has 1 fully saturated rings. The van der Waals surface area contributed by atoms with Crippen LogP contribution >= 0.6 is 0 Å². The lowest BCUT2D eigenvalue weighted by molar-refractivity contribution is 0.608. The van der Waals surface area contributed by atoms with Gasteiger partial charge in [-0.15, -0.1) is 0 Å². The average Bonchev–Trinajstić information content (AvgIpc) is 3.18. The summed E-state index contributed by atoms with van der Waals surface area (Å²) in [5, 5.41) is 1.25. The minimum Gasteiger partial charge on any atom is -0.253 e. The molecule has 0 aliphatic heterocycles. The van der Waals surface area contributed by atoms with Crippen LogP contribution in [0.3, 0.4) is 0 Å². The first-order valence-corrected chi connectivity index (χ1v) is 7.24. The van der Waals surface area contributed by atoms with E-state index in [4.69, 9.17) is 4.98 Å². The van der Waals surface area contributed by atoms with Gasteiger partial charge in [-0.05, 0) is 30.9 Å². The van der Waals surface area contributed by atoms with Crippen molar-refractivity contribution in [2.75, 3.05) is 0 Å². The van der Waals surface area contributed by atoms with Crippen LogP contribution in [0.25, 0.3) is 10.9 Å². The summed E-state index contributed by atoms with van der Waals surface area (Å²) in [6.45, 7) is 2.27. The highest BCUT2D eigenvalue weighted by molar-refractivity contribution is 5.78. The molecule has 1 nitrogen and oxygen atoms in total. The van der Waals surface area contributed by atoms with Crippen molar-refractivity contribution in [3.8, 4) is 0 Å². The van der Waals surface area contributed by atoms with Gasteiger partial charge in [0, 0.05) is 17.0 Å². The topological polar surface area (TPSA) is 12.9 Å². The maximum atomic E-state index is 4.82. The molecule has 1 aliphatic carbocycles. The van der Waals surface area contributed by atoms with Crippen molar-refractivity contribution in [2.45, 2.75) is 44.9 Å². The summed E-state index contributed by atoms with van der Waals surface area (Å²) in [6.07, 6.45) is 6.85. The van der Waals surface area contributed by atoms with Gasteiger partial charge in [0.2, 0.25) is 0 Å². The zero-order valence-electron chi connectivity index (χ0n) is 11.1. The van der Waals surface area contributed by atoms with E-state index in [1.807, 2.05) is 0 Å². The fraction of sp³-hybridized carbons (Fsp3) is 0.471. The predicted molar refractivity (Wildman–Crippen MR) is 76.7 cm³/mol. The summed E-state index contributed by atoms with van der Waals surface area (Å²) in [5.74, 6) is 1.65. The number of hydrogen-bond donors (Lipinski definition) is 0. The van der Waals surface area contributed by atoms with E-state index in [0.717, 1.165) is 17.4 Å². The molecule has 2 aromatic rings. The predicted octanol–water partition coefficient (Wildman–Crippen LogP) is 4.92. The number of fused-ring (bicyclic) bond motifs is 1. The number of para-hydroxylation sites is 1. The minimum absolute atomic E-state index is 0.742. The largest absolute Gasteiger partial charge is 0.253 e. The van der Waals surface area contributed by atoms with Crippen molar-refractivity contribution >= 4 is 10.9 Å². The smallest absolute Gasteiger partial charge is 0.0705 e. The third kappa shape index (κ3) is 2.40. The molecule has 3 rings (SSSR count). The second-order valence-electron chi connectivity index (χ2n) is 5.53. The summed E-state index contributed by atoms with van der Waals surface area (Å²) in [7, 11) is 0. The number of hydrogen-bond acceptors (Lipinski definition) is 1. The quantitative estimate of drug-likeness (QED) is 0.675. The molecule has 94 valence electrons. The van der Waals surface area contributed by atoms with Gasteiger partial charge in [-0.25, -0.2) is 0 Å². The molecule has 1 aromatic carbocycles. The van der Waals surface area contributed by atoms with Gasteiger partial charge in [-0.2, -0.15) is 0 Å². The van der Waals surface area contributed by atoms with Crippen LogP contribution in [0.4, 0.5) is 0 Å². The molecule has 0 amide bonds.